The number of ketones is 1. The lowest BCUT2D eigenvalue weighted by atomic mass is 9.45. The average Bonchev–Trinajstić information content (AvgIpc) is 2.76. The van der Waals surface area contributed by atoms with Gasteiger partial charge in [-0.3, -0.25) is 4.79 Å². The number of carbonyl (C=O) groups excluding carboxylic acids is 1. The van der Waals surface area contributed by atoms with E-state index >= 15 is 0 Å². The number of rotatable bonds is 0. The third-order valence-corrected chi connectivity index (χ3v) is 8.35. The Bertz CT molecular complexity index is 458. The summed E-state index contributed by atoms with van der Waals surface area (Å²) in [7, 11) is 0. The summed E-state index contributed by atoms with van der Waals surface area (Å²) >= 11 is 0. The maximum absolute atomic E-state index is 12.4. The number of fused-ring (bicyclic) bond motifs is 5. The minimum absolute atomic E-state index is 0.0124. The van der Waals surface area contributed by atoms with Crippen LogP contribution < -0.4 is 0 Å². The van der Waals surface area contributed by atoms with Gasteiger partial charge in [-0.15, -0.1) is 0 Å². The second kappa shape index (κ2) is 4.57. The first-order valence-corrected chi connectivity index (χ1v) is 9.16. The van der Waals surface area contributed by atoms with E-state index in [0.29, 0.717) is 17.1 Å². The predicted molar refractivity (Wildman–Crippen MR) is 82.7 cm³/mol. The molecule has 118 valence electrons. The number of hydrogen-bond donors (Lipinski definition) is 1. The van der Waals surface area contributed by atoms with Crippen LogP contribution in [0, 0.1) is 34.5 Å². The van der Waals surface area contributed by atoms with Crippen LogP contribution in [0.4, 0.5) is 0 Å². The van der Waals surface area contributed by atoms with Crippen LogP contribution in [0.5, 0.6) is 0 Å². The molecule has 4 rings (SSSR count). The molecular weight excluding hydrogens is 260 g/mol. The van der Waals surface area contributed by atoms with Crippen molar-refractivity contribution in [3.63, 3.8) is 0 Å². The zero-order valence-electron chi connectivity index (χ0n) is 13.6. The normalized spacial score (nSPS) is 56.5. The van der Waals surface area contributed by atoms with Crippen LogP contribution in [0.2, 0.25) is 0 Å². The molecule has 4 fully saturated rings. The van der Waals surface area contributed by atoms with E-state index < -0.39 is 0 Å². The minimum Gasteiger partial charge on any atom is -0.393 e. The average molecular weight is 290 g/mol. The van der Waals surface area contributed by atoms with Crippen molar-refractivity contribution in [3.8, 4) is 0 Å². The molecule has 2 unspecified atom stereocenters. The molecular formula is C19H30O2. The fraction of sp³-hybridized carbons (Fsp3) is 0.947. The highest BCUT2D eigenvalue weighted by molar-refractivity contribution is 5.87. The lowest BCUT2D eigenvalue weighted by Gasteiger charge is -2.60. The summed E-state index contributed by atoms with van der Waals surface area (Å²) in [5.74, 6) is 3.54. The van der Waals surface area contributed by atoms with E-state index in [0.717, 1.165) is 49.9 Å². The Balaban J connectivity index is 1.64. The van der Waals surface area contributed by atoms with E-state index in [2.05, 4.69) is 13.8 Å². The summed E-state index contributed by atoms with van der Waals surface area (Å²) in [5.41, 5.74) is 0.452. The van der Waals surface area contributed by atoms with Crippen LogP contribution in [-0.2, 0) is 4.79 Å². The number of Topliss-reactive ketones (excluding diaryl/α,β-unsaturated/α-hetero) is 1. The molecule has 0 aliphatic heterocycles. The molecule has 0 aromatic heterocycles. The second-order valence-corrected chi connectivity index (χ2v) is 9.00. The molecule has 0 amide bonds. The van der Waals surface area contributed by atoms with Gasteiger partial charge in [0.1, 0.15) is 5.78 Å². The molecule has 0 radical (unpaired) electrons. The van der Waals surface area contributed by atoms with Crippen LogP contribution in [-0.4, -0.2) is 17.0 Å². The second-order valence-electron chi connectivity index (χ2n) is 9.00. The molecule has 4 saturated carbocycles. The van der Waals surface area contributed by atoms with Gasteiger partial charge < -0.3 is 5.11 Å². The zero-order valence-corrected chi connectivity index (χ0v) is 13.6. The highest BCUT2D eigenvalue weighted by Crippen LogP contribution is 2.65. The Morgan fingerprint density at radius 2 is 1.81 bits per heavy atom. The number of hydrogen-bond acceptors (Lipinski definition) is 2. The fourth-order valence-electron chi connectivity index (χ4n) is 7.01. The number of aliphatic hydroxyl groups is 1. The Hall–Kier alpha value is -0.370. The molecule has 0 saturated heterocycles. The topological polar surface area (TPSA) is 37.3 Å². The summed E-state index contributed by atoms with van der Waals surface area (Å²) < 4.78 is 0. The van der Waals surface area contributed by atoms with Gasteiger partial charge in [-0.1, -0.05) is 13.8 Å². The smallest absolute Gasteiger partial charge is 0.139 e. The van der Waals surface area contributed by atoms with Crippen molar-refractivity contribution in [3.05, 3.63) is 0 Å². The minimum atomic E-state index is -0.0541. The maximum Gasteiger partial charge on any atom is 0.139 e. The van der Waals surface area contributed by atoms with E-state index in [-0.39, 0.29) is 11.5 Å². The molecule has 21 heavy (non-hydrogen) atoms. The zero-order chi connectivity index (χ0) is 14.8. The first-order chi connectivity index (χ1) is 9.95. The third-order valence-electron chi connectivity index (χ3n) is 8.35. The van der Waals surface area contributed by atoms with Gasteiger partial charge in [0, 0.05) is 11.8 Å². The van der Waals surface area contributed by atoms with Gasteiger partial charge in [0.2, 0.25) is 0 Å². The van der Waals surface area contributed by atoms with Gasteiger partial charge in [-0.25, -0.2) is 0 Å². The summed E-state index contributed by atoms with van der Waals surface area (Å²) in [6, 6.07) is 0. The standard InChI is InChI=1S/C19H30O2/c1-18-9-7-13(20)11-12(18)3-4-14-15-5-6-17(21)19(15,2)10-8-16(14)18/h12-16,20H,3-11H2,1-2H3/t12?,13-,14+,15+,16?,18+,19+/m1/s1. The predicted octanol–water partition coefficient (Wildman–Crippen LogP) is 3.96. The molecule has 0 spiro atoms. The van der Waals surface area contributed by atoms with Crippen molar-refractivity contribution in [1.82, 2.24) is 0 Å². The molecule has 0 aromatic rings. The quantitative estimate of drug-likeness (QED) is 0.733. The monoisotopic (exact) mass is 290 g/mol. The lowest BCUT2D eigenvalue weighted by Crippen LogP contribution is -2.54. The van der Waals surface area contributed by atoms with Gasteiger partial charge in [-0.2, -0.15) is 0 Å². The van der Waals surface area contributed by atoms with Crippen molar-refractivity contribution in [2.45, 2.75) is 77.7 Å². The Morgan fingerprint density at radius 3 is 2.62 bits per heavy atom. The van der Waals surface area contributed by atoms with Crippen molar-refractivity contribution in [2.24, 2.45) is 34.5 Å². The Morgan fingerprint density at radius 1 is 1.00 bits per heavy atom. The van der Waals surface area contributed by atoms with Gasteiger partial charge in [0.15, 0.2) is 0 Å². The van der Waals surface area contributed by atoms with Crippen molar-refractivity contribution in [2.75, 3.05) is 0 Å². The molecule has 4 aliphatic carbocycles. The van der Waals surface area contributed by atoms with Gasteiger partial charge in [-0.05, 0) is 80.5 Å². The maximum atomic E-state index is 12.4. The van der Waals surface area contributed by atoms with Crippen molar-refractivity contribution >= 4 is 5.78 Å². The van der Waals surface area contributed by atoms with E-state index in [4.69, 9.17) is 0 Å². The molecule has 2 nitrogen and oxygen atoms in total. The Kier molecular flexibility index (Phi) is 3.10. The Labute approximate surface area is 128 Å². The fourth-order valence-corrected chi connectivity index (χ4v) is 7.01. The SMILES string of the molecule is C[C@]12CC[C@@H](O)CC1CC[C@@H]1C2CC[C@]2(C)C(=O)CC[C@@H]12. The van der Waals surface area contributed by atoms with E-state index in [9.17, 15) is 9.90 Å². The van der Waals surface area contributed by atoms with Crippen LogP contribution in [0.25, 0.3) is 0 Å². The van der Waals surface area contributed by atoms with Crippen molar-refractivity contribution in [1.29, 1.82) is 0 Å². The van der Waals surface area contributed by atoms with Crippen LogP contribution in [0.3, 0.4) is 0 Å². The van der Waals surface area contributed by atoms with E-state index in [1.165, 1.54) is 25.7 Å². The van der Waals surface area contributed by atoms with Gasteiger partial charge in [0.25, 0.3) is 0 Å². The first kappa shape index (κ1) is 14.2. The van der Waals surface area contributed by atoms with Crippen LogP contribution >= 0.6 is 0 Å². The first-order valence-electron chi connectivity index (χ1n) is 9.16. The molecule has 2 heteroatoms. The molecule has 1 N–H and O–H groups in total. The largest absolute Gasteiger partial charge is 0.393 e. The van der Waals surface area contributed by atoms with Crippen molar-refractivity contribution < 1.29 is 9.90 Å². The van der Waals surface area contributed by atoms with E-state index in [1.807, 2.05) is 0 Å². The number of carbonyl (C=O) groups is 1. The van der Waals surface area contributed by atoms with E-state index in [1.54, 1.807) is 0 Å². The summed E-state index contributed by atoms with van der Waals surface area (Å²) in [4.78, 5) is 12.4. The summed E-state index contributed by atoms with van der Waals surface area (Å²) in [6.45, 7) is 4.78. The van der Waals surface area contributed by atoms with Gasteiger partial charge in [0.05, 0.1) is 6.10 Å². The highest BCUT2D eigenvalue weighted by Gasteiger charge is 2.60. The van der Waals surface area contributed by atoms with Crippen LogP contribution in [0.15, 0.2) is 0 Å². The molecule has 7 atom stereocenters. The molecule has 0 heterocycles. The third kappa shape index (κ3) is 1.84. The lowest BCUT2D eigenvalue weighted by molar-refractivity contribution is -0.142. The number of aliphatic hydroxyl groups excluding tert-OH is 1. The molecule has 0 bridgehead atoms. The summed E-state index contributed by atoms with van der Waals surface area (Å²) in [6.07, 6.45) is 10.1. The highest BCUT2D eigenvalue weighted by atomic mass is 16.3. The summed E-state index contributed by atoms with van der Waals surface area (Å²) in [5, 5.41) is 10.0. The molecule has 0 aromatic carbocycles. The van der Waals surface area contributed by atoms with Gasteiger partial charge >= 0.3 is 0 Å². The molecule has 4 aliphatic rings. The van der Waals surface area contributed by atoms with Crippen LogP contribution in [0.1, 0.15) is 71.6 Å².